The molecule has 1 N–H and O–H groups in total. The Morgan fingerprint density at radius 3 is 2.72 bits per heavy atom. The van der Waals surface area contributed by atoms with Gasteiger partial charge < -0.3 is 10.1 Å². The lowest BCUT2D eigenvalue weighted by Gasteiger charge is -2.25. The number of ether oxygens (including phenoxy) is 1. The lowest BCUT2D eigenvalue weighted by Crippen LogP contribution is -2.37. The molecule has 0 aromatic heterocycles. The molecule has 0 fully saturated rings. The van der Waals surface area contributed by atoms with E-state index in [1.165, 1.54) is 6.07 Å². The largest absolute Gasteiger partial charge is 0.375 e. The molecule has 0 saturated heterocycles. The van der Waals surface area contributed by atoms with Gasteiger partial charge in [0.15, 0.2) is 0 Å². The lowest BCUT2D eigenvalue weighted by molar-refractivity contribution is -0.00901. The Morgan fingerprint density at radius 1 is 1.44 bits per heavy atom. The zero-order valence-electron chi connectivity index (χ0n) is 11.1. The summed E-state index contributed by atoms with van der Waals surface area (Å²) in [5.74, 6) is -0.351. The molecule has 4 heteroatoms. The van der Waals surface area contributed by atoms with Gasteiger partial charge in [-0.3, -0.25) is 0 Å². The van der Waals surface area contributed by atoms with Crippen LogP contribution in [0.1, 0.15) is 31.9 Å². The second-order valence-corrected chi connectivity index (χ2v) is 4.71. The van der Waals surface area contributed by atoms with Crippen LogP contribution in [-0.4, -0.2) is 18.8 Å². The van der Waals surface area contributed by atoms with E-state index >= 15 is 0 Å². The summed E-state index contributed by atoms with van der Waals surface area (Å²) in [7, 11) is 0. The van der Waals surface area contributed by atoms with Crippen LogP contribution >= 0.6 is 0 Å². The van der Waals surface area contributed by atoms with Crippen molar-refractivity contribution >= 4 is 0 Å². The maximum Gasteiger partial charge on any atom is 0.129 e. The first kappa shape index (κ1) is 14.6. The molecule has 1 aromatic rings. The van der Waals surface area contributed by atoms with E-state index in [4.69, 9.17) is 10.00 Å². The van der Waals surface area contributed by atoms with Crippen molar-refractivity contribution in [1.29, 1.82) is 5.26 Å². The highest BCUT2D eigenvalue weighted by Crippen LogP contribution is 2.11. The van der Waals surface area contributed by atoms with Crippen molar-refractivity contribution in [2.45, 2.75) is 32.9 Å². The van der Waals surface area contributed by atoms with Gasteiger partial charge in [-0.05, 0) is 32.9 Å². The average molecular weight is 250 g/mol. The molecule has 0 spiro atoms. The van der Waals surface area contributed by atoms with Crippen LogP contribution in [0.25, 0.3) is 0 Å². The normalized spacial score (nSPS) is 11.3. The minimum Gasteiger partial charge on any atom is -0.375 e. The standard InChI is InChI=1S/C14H19FN2O/c1-4-18-14(2,3)10-17-9-12-6-5-11(8-16)7-13(12)15/h5-7,17H,4,9-10H2,1-3H3. The van der Waals surface area contributed by atoms with E-state index < -0.39 is 0 Å². The molecule has 0 unspecified atom stereocenters. The topological polar surface area (TPSA) is 45.0 Å². The molecule has 98 valence electrons. The van der Waals surface area contributed by atoms with Crippen LogP contribution in [0.15, 0.2) is 18.2 Å². The third-order valence-corrected chi connectivity index (χ3v) is 2.58. The van der Waals surface area contributed by atoms with Gasteiger partial charge in [-0.1, -0.05) is 6.07 Å². The van der Waals surface area contributed by atoms with E-state index in [0.29, 0.717) is 30.8 Å². The molecular weight excluding hydrogens is 231 g/mol. The van der Waals surface area contributed by atoms with Crippen molar-refractivity contribution in [3.63, 3.8) is 0 Å². The average Bonchev–Trinajstić information content (AvgIpc) is 2.31. The molecule has 0 radical (unpaired) electrons. The van der Waals surface area contributed by atoms with Crippen LogP contribution in [0.2, 0.25) is 0 Å². The van der Waals surface area contributed by atoms with E-state index in [0.717, 1.165) is 0 Å². The first-order valence-electron chi connectivity index (χ1n) is 6.01. The van der Waals surface area contributed by atoms with Crippen molar-refractivity contribution in [3.8, 4) is 6.07 Å². The summed E-state index contributed by atoms with van der Waals surface area (Å²) in [6.07, 6.45) is 0. The van der Waals surface area contributed by atoms with Crippen molar-refractivity contribution in [3.05, 3.63) is 35.1 Å². The molecule has 0 saturated carbocycles. The van der Waals surface area contributed by atoms with Crippen LogP contribution in [0.3, 0.4) is 0 Å². The van der Waals surface area contributed by atoms with E-state index in [-0.39, 0.29) is 11.4 Å². The Labute approximate surface area is 108 Å². The molecule has 0 amide bonds. The van der Waals surface area contributed by atoms with Crippen LogP contribution in [0, 0.1) is 17.1 Å². The van der Waals surface area contributed by atoms with E-state index in [2.05, 4.69) is 5.32 Å². The van der Waals surface area contributed by atoms with Crippen LogP contribution < -0.4 is 5.32 Å². The van der Waals surface area contributed by atoms with Gasteiger partial charge in [0, 0.05) is 25.3 Å². The number of nitriles is 1. The molecule has 18 heavy (non-hydrogen) atoms. The van der Waals surface area contributed by atoms with Gasteiger partial charge in [-0.15, -0.1) is 0 Å². The predicted molar refractivity (Wildman–Crippen MR) is 68.5 cm³/mol. The third kappa shape index (κ3) is 4.44. The molecule has 0 aliphatic carbocycles. The summed E-state index contributed by atoms with van der Waals surface area (Å²) in [5, 5.41) is 11.8. The van der Waals surface area contributed by atoms with Crippen molar-refractivity contribution in [2.24, 2.45) is 0 Å². The summed E-state index contributed by atoms with van der Waals surface area (Å²) >= 11 is 0. The van der Waals surface area contributed by atoms with Crippen molar-refractivity contribution < 1.29 is 9.13 Å². The zero-order valence-corrected chi connectivity index (χ0v) is 11.1. The van der Waals surface area contributed by atoms with Crippen molar-refractivity contribution in [1.82, 2.24) is 5.32 Å². The fourth-order valence-electron chi connectivity index (χ4n) is 1.70. The molecule has 0 heterocycles. The number of hydrogen-bond acceptors (Lipinski definition) is 3. The molecule has 1 aromatic carbocycles. The summed E-state index contributed by atoms with van der Waals surface area (Å²) in [6.45, 7) is 7.63. The highest BCUT2D eigenvalue weighted by molar-refractivity contribution is 5.32. The minimum absolute atomic E-state index is 0.266. The van der Waals surface area contributed by atoms with E-state index in [9.17, 15) is 4.39 Å². The molecule has 0 aliphatic rings. The summed E-state index contributed by atoms with van der Waals surface area (Å²) in [5.41, 5.74) is 0.629. The maximum absolute atomic E-state index is 13.6. The fourth-order valence-corrected chi connectivity index (χ4v) is 1.70. The predicted octanol–water partition coefficient (Wildman–Crippen LogP) is 2.60. The molecular formula is C14H19FN2O. The number of rotatable bonds is 6. The van der Waals surface area contributed by atoms with Crippen LogP contribution in [0.4, 0.5) is 4.39 Å². The van der Waals surface area contributed by atoms with Gasteiger partial charge >= 0.3 is 0 Å². The summed E-state index contributed by atoms with van der Waals surface area (Å²) in [4.78, 5) is 0. The van der Waals surface area contributed by atoms with Gasteiger partial charge in [0.05, 0.1) is 17.2 Å². The van der Waals surface area contributed by atoms with Gasteiger partial charge in [-0.2, -0.15) is 5.26 Å². The Bertz CT molecular complexity index is 438. The number of nitrogens with one attached hydrogen (secondary N) is 1. The lowest BCUT2D eigenvalue weighted by atomic mass is 10.1. The highest BCUT2D eigenvalue weighted by atomic mass is 19.1. The first-order chi connectivity index (χ1) is 8.48. The number of hydrogen-bond donors (Lipinski definition) is 1. The summed E-state index contributed by atoms with van der Waals surface area (Å²) < 4.78 is 19.1. The number of nitrogens with zero attached hydrogens (tertiary/aromatic N) is 1. The Kier molecular flexibility index (Phi) is 5.26. The van der Waals surface area contributed by atoms with Gasteiger partial charge in [-0.25, -0.2) is 4.39 Å². The molecule has 0 bridgehead atoms. The molecule has 0 atom stereocenters. The Morgan fingerprint density at radius 2 is 2.17 bits per heavy atom. The molecule has 3 nitrogen and oxygen atoms in total. The Balaban J connectivity index is 2.52. The second kappa shape index (κ2) is 6.48. The van der Waals surface area contributed by atoms with Crippen molar-refractivity contribution in [2.75, 3.05) is 13.2 Å². The Hall–Kier alpha value is -1.44. The van der Waals surface area contributed by atoms with Crippen LogP contribution in [-0.2, 0) is 11.3 Å². The SMILES string of the molecule is CCOC(C)(C)CNCc1ccc(C#N)cc1F. The van der Waals surface area contributed by atoms with Crippen LogP contribution in [0.5, 0.6) is 0 Å². The van der Waals surface area contributed by atoms with Gasteiger partial charge in [0.2, 0.25) is 0 Å². The van der Waals surface area contributed by atoms with Gasteiger partial charge in [0.25, 0.3) is 0 Å². The van der Waals surface area contributed by atoms with E-state index in [1.54, 1.807) is 12.1 Å². The number of halogens is 1. The fraction of sp³-hybridized carbons (Fsp3) is 0.500. The zero-order chi connectivity index (χ0) is 13.6. The summed E-state index contributed by atoms with van der Waals surface area (Å²) in [6, 6.07) is 6.42. The van der Waals surface area contributed by atoms with Gasteiger partial charge in [0.1, 0.15) is 5.82 Å². The smallest absolute Gasteiger partial charge is 0.129 e. The quantitative estimate of drug-likeness (QED) is 0.844. The highest BCUT2D eigenvalue weighted by Gasteiger charge is 2.16. The minimum atomic E-state index is -0.351. The molecule has 1 rings (SSSR count). The molecule has 0 aliphatic heterocycles. The number of benzene rings is 1. The second-order valence-electron chi connectivity index (χ2n) is 4.71. The third-order valence-electron chi connectivity index (χ3n) is 2.58. The first-order valence-corrected chi connectivity index (χ1v) is 6.01. The monoisotopic (exact) mass is 250 g/mol. The van der Waals surface area contributed by atoms with E-state index in [1.807, 2.05) is 26.8 Å². The maximum atomic E-state index is 13.6.